The predicted octanol–water partition coefficient (Wildman–Crippen LogP) is 2.36. The highest BCUT2D eigenvalue weighted by Crippen LogP contribution is 2.16. The van der Waals surface area contributed by atoms with Crippen LogP contribution in [0, 0.1) is 5.82 Å². The van der Waals surface area contributed by atoms with Gasteiger partial charge in [-0.1, -0.05) is 0 Å². The van der Waals surface area contributed by atoms with E-state index in [2.05, 4.69) is 5.32 Å². The van der Waals surface area contributed by atoms with Crippen LogP contribution in [0.15, 0.2) is 41.0 Å². The van der Waals surface area contributed by atoms with Gasteiger partial charge in [-0.25, -0.2) is 4.39 Å². The van der Waals surface area contributed by atoms with E-state index in [-0.39, 0.29) is 12.1 Å². The molecule has 1 aromatic heterocycles. The summed E-state index contributed by atoms with van der Waals surface area (Å²) in [5.74, 6) is -0.134. The van der Waals surface area contributed by atoms with E-state index in [1.165, 1.54) is 31.6 Å². The maximum atomic E-state index is 13.6. The number of ether oxygens (including phenoxy) is 1. The molecule has 1 aromatic carbocycles. The number of rotatable bonds is 4. The van der Waals surface area contributed by atoms with Crippen LogP contribution < -0.4 is 10.1 Å². The van der Waals surface area contributed by atoms with Crippen molar-refractivity contribution in [3.63, 3.8) is 0 Å². The van der Waals surface area contributed by atoms with Crippen LogP contribution >= 0.6 is 0 Å². The van der Waals surface area contributed by atoms with Gasteiger partial charge in [-0.2, -0.15) is 0 Å². The molecule has 4 nitrogen and oxygen atoms in total. The third-order valence-corrected chi connectivity index (χ3v) is 2.42. The van der Waals surface area contributed by atoms with Crippen LogP contribution in [0.3, 0.4) is 0 Å². The van der Waals surface area contributed by atoms with Gasteiger partial charge in [0.05, 0.1) is 25.5 Å². The van der Waals surface area contributed by atoms with Crippen molar-refractivity contribution in [1.82, 2.24) is 5.32 Å². The molecule has 0 saturated heterocycles. The summed E-state index contributed by atoms with van der Waals surface area (Å²) in [6, 6.07) is 7.53. The summed E-state index contributed by atoms with van der Waals surface area (Å²) in [6.07, 6.45) is 1.51. The van der Waals surface area contributed by atoms with Crippen LogP contribution in [0.1, 0.15) is 16.1 Å². The molecular formula is C13H12FNO3. The second kappa shape index (κ2) is 5.35. The summed E-state index contributed by atoms with van der Waals surface area (Å²) in [5, 5.41) is 2.57. The van der Waals surface area contributed by atoms with E-state index < -0.39 is 11.7 Å². The highest BCUT2D eigenvalue weighted by Gasteiger charge is 2.12. The van der Waals surface area contributed by atoms with Gasteiger partial charge in [0, 0.05) is 6.07 Å². The Morgan fingerprint density at radius 1 is 1.44 bits per heavy atom. The number of furan rings is 1. The summed E-state index contributed by atoms with van der Waals surface area (Å²) in [4.78, 5) is 11.7. The summed E-state index contributed by atoms with van der Waals surface area (Å²) in [6.45, 7) is 0.220. The van der Waals surface area contributed by atoms with Crippen molar-refractivity contribution in [1.29, 1.82) is 0 Å². The third kappa shape index (κ3) is 2.68. The van der Waals surface area contributed by atoms with E-state index in [1.54, 1.807) is 12.1 Å². The maximum absolute atomic E-state index is 13.6. The van der Waals surface area contributed by atoms with Gasteiger partial charge in [0.2, 0.25) is 0 Å². The minimum absolute atomic E-state index is 0.0256. The highest BCUT2D eigenvalue weighted by molar-refractivity contribution is 5.94. The SMILES string of the molecule is COc1ccc(C(=O)NCc2ccco2)c(F)c1. The number of carbonyl (C=O) groups is 1. The van der Waals surface area contributed by atoms with E-state index >= 15 is 0 Å². The van der Waals surface area contributed by atoms with Gasteiger partial charge in [-0.15, -0.1) is 0 Å². The van der Waals surface area contributed by atoms with Gasteiger partial charge < -0.3 is 14.5 Å². The molecule has 0 radical (unpaired) electrons. The Balaban J connectivity index is 2.04. The number of halogens is 1. The van der Waals surface area contributed by atoms with Crippen molar-refractivity contribution < 1.29 is 18.3 Å². The Morgan fingerprint density at radius 3 is 2.89 bits per heavy atom. The summed E-state index contributed by atoms with van der Waals surface area (Å²) in [7, 11) is 1.44. The normalized spacial score (nSPS) is 10.1. The van der Waals surface area contributed by atoms with Gasteiger partial charge in [0.1, 0.15) is 17.3 Å². The molecule has 0 atom stereocenters. The van der Waals surface area contributed by atoms with Gasteiger partial charge in [-0.3, -0.25) is 4.79 Å². The average Bonchev–Trinajstić information content (AvgIpc) is 2.88. The first kappa shape index (κ1) is 12.2. The lowest BCUT2D eigenvalue weighted by Crippen LogP contribution is -2.23. The maximum Gasteiger partial charge on any atom is 0.254 e. The average molecular weight is 249 g/mol. The van der Waals surface area contributed by atoms with Gasteiger partial charge in [0.15, 0.2) is 0 Å². The number of methoxy groups -OCH3 is 1. The third-order valence-electron chi connectivity index (χ3n) is 2.42. The fourth-order valence-electron chi connectivity index (χ4n) is 1.48. The van der Waals surface area contributed by atoms with Crippen molar-refractivity contribution in [3.05, 3.63) is 53.7 Å². The number of benzene rings is 1. The van der Waals surface area contributed by atoms with E-state index in [9.17, 15) is 9.18 Å². The minimum Gasteiger partial charge on any atom is -0.497 e. The first-order chi connectivity index (χ1) is 8.70. The molecule has 0 aliphatic heterocycles. The molecule has 0 fully saturated rings. The van der Waals surface area contributed by atoms with Crippen LogP contribution in [0.5, 0.6) is 5.75 Å². The first-order valence-corrected chi connectivity index (χ1v) is 5.35. The molecule has 94 valence electrons. The molecule has 0 unspecified atom stereocenters. The molecule has 0 bridgehead atoms. The fourth-order valence-corrected chi connectivity index (χ4v) is 1.48. The van der Waals surface area contributed by atoms with Gasteiger partial charge >= 0.3 is 0 Å². The standard InChI is InChI=1S/C13H12FNO3/c1-17-9-4-5-11(12(14)7-9)13(16)15-8-10-3-2-6-18-10/h2-7H,8H2,1H3,(H,15,16). The molecular weight excluding hydrogens is 237 g/mol. The zero-order valence-electron chi connectivity index (χ0n) is 9.77. The molecule has 1 N–H and O–H groups in total. The zero-order chi connectivity index (χ0) is 13.0. The number of nitrogens with one attached hydrogen (secondary N) is 1. The quantitative estimate of drug-likeness (QED) is 0.904. The monoisotopic (exact) mass is 249 g/mol. The lowest BCUT2D eigenvalue weighted by molar-refractivity contribution is 0.0944. The Hall–Kier alpha value is -2.30. The van der Waals surface area contributed by atoms with Crippen LogP contribution in [-0.2, 0) is 6.54 Å². The highest BCUT2D eigenvalue weighted by atomic mass is 19.1. The van der Waals surface area contributed by atoms with E-state index in [0.717, 1.165) is 0 Å². The molecule has 2 aromatic rings. The van der Waals surface area contributed by atoms with Crippen molar-refractivity contribution in [2.24, 2.45) is 0 Å². The van der Waals surface area contributed by atoms with Crippen molar-refractivity contribution in [3.8, 4) is 5.75 Å². The lowest BCUT2D eigenvalue weighted by atomic mass is 10.2. The summed E-state index contributed by atoms with van der Waals surface area (Å²) >= 11 is 0. The van der Waals surface area contributed by atoms with E-state index in [0.29, 0.717) is 11.5 Å². The summed E-state index contributed by atoms with van der Waals surface area (Å²) in [5.41, 5.74) is -0.0256. The molecule has 2 rings (SSSR count). The van der Waals surface area contributed by atoms with Gasteiger partial charge in [-0.05, 0) is 24.3 Å². The molecule has 1 amide bonds. The smallest absolute Gasteiger partial charge is 0.254 e. The molecule has 0 aliphatic carbocycles. The second-order valence-corrected chi connectivity index (χ2v) is 3.61. The van der Waals surface area contributed by atoms with E-state index in [4.69, 9.17) is 9.15 Å². The summed E-state index contributed by atoms with van der Waals surface area (Å²) < 4.78 is 23.5. The van der Waals surface area contributed by atoms with Crippen LogP contribution in [0.25, 0.3) is 0 Å². The number of carbonyl (C=O) groups excluding carboxylic acids is 1. The fraction of sp³-hybridized carbons (Fsp3) is 0.154. The molecule has 0 saturated carbocycles. The van der Waals surface area contributed by atoms with Crippen LogP contribution in [0.2, 0.25) is 0 Å². The Bertz CT molecular complexity index is 537. The van der Waals surface area contributed by atoms with Crippen LogP contribution in [-0.4, -0.2) is 13.0 Å². The molecule has 18 heavy (non-hydrogen) atoms. The molecule has 0 aliphatic rings. The Morgan fingerprint density at radius 2 is 2.28 bits per heavy atom. The Kier molecular flexibility index (Phi) is 3.62. The van der Waals surface area contributed by atoms with Crippen molar-refractivity contribution in [2.75, 3.05) is 7.11 Å². The number of hydrogen-bond donors (Lipinski definition) is 1. The first-order valence-electron chi connectivity index (χ1n) is 5.35. The van der Waals surface area contributed by atoms with Crippen molar-refractivity contribution in [2.45, 2.75) is 6.54 Å². The lowest BCUT2D eigenvalue weighted by Gasteiger charge is -2.06. The predicted molar refractivity (Wildman–Crippen MR) is 62.8 cm³/mol. The molecule has 5 heteroatoms. The van der Waals surface area contributed by atoms with Crippen LogP contribution in [0.4, 0.5) is 4.39 Å². The number of amides is 1. The minimum atomic E-state index is -0.619. The second-order valence-electron chi connectivity index (χ2n) is 3.61. The zero-order valence-corrected chi connectivity index (χ0v) is 9.77. The van der Waals surface area contributed by atoms with Crippen molar-refractivity contribution >= 4 is 5.91 Å². The van der Waals surface area contributed by atoms with E-state index in [1.807, 2.05) is 0 Å². The molecule has 0 spiro atoms. The molecule has 1 heterocycles. The number of hydrogen-bond acceptors (Lipinski definition) is 3. The topological polar surface area (TPSA) is 51.5 Å². The van der Waals surface area contributed by atoms with Gasteiger partial charge in [0.25, 0.3) is 5.91 Å². The Labute approximate surface area is 103 Å². The largest absolute Gasteiger partial charge is 0.497 e.